The van der Waals surface area contributed by atoms with Crippen molar-refractivity contribution < 1.29 is 9.53 Å². The van der Waals surface area contributed by atoms with Gasteiger partial charge < -0.3 is 14.6 Å². The molecule has 0 saturated carbocycles. The summed E-state index contributed by atoms with van der Waals surface area (Å²) in [6.07, 6.45) is 5.80. The number of rotatable bonds is 7. The van der Waals surface area contributed by atoms with Crippen LogP contribution in [0.4, 0.5) is 0 Å². The molecule has 3 aromatic rings. The number of carbonyl (C=O) groups excluding carboxylic acids is 1. The number of hydrogen-bond acceptors (Lipinski definition) is 4. The summed E-state index contributed by atoms with van der Waals surface area (Å²) >= 11 is 5.31. The van der Waals surface area contributed by atoms with Crippen LogP contribution in [0.3, 0.4) is 0 Å². The molecule has 0 spiro atoms. The number of H-pyrrole nitrogens is 1. The lowest BCUT2D eigenvalue weighted by atomic mass is 9.90. The van der Waals surface area contributed by atoms with Crippen LogP contribution >= 0.6 is 12.2 Å². The van der Waals surface area contributed by atoms with E-state index >= 15 is 0 Å². The minimum absolute atomic E-state index is 0.0000860. The van der Waals surface area contributed by atoms with Gasteiger partial charge in [0.15, 0.2) is 4.77 Å². The van der Waals surface area contributed by atoms with Crippen molar-refractivity contribution in [1.82, 2.24) is 14.5 Å². The number of hydrogen-bond donors (Lipinski definition) is 1. The average Bonchev–Trinajstić information content (AvgIpc) is 2.85. The topological polar surface area (TPSA) is 67.3 Å². The van der Waals surface area contributed by atoms with Gasteiger partial charge in [0, 0.05) is 25.2 Å². The molecule has 1 aliphatic rings. The molecule has 1 fully saturated rings. The lowest BCUT2D eigenvalue weighted by molar-refractivity contribution is 0.0687. The molecular formula is C26H29N3O3S. The van der Waals surface area contributed by atoms with E-state index in [2.05, 4.69) is 23.7 Å². The maximum absolute atomic E-state index is 13.1. The fraction of sp³-hybridized carbons (Fsp3) is 0.346. The van der Waals surface area contributed by atoms with Gasteiger partial charge in [-0.2, -0.15) is 0 Å². The van der Waals surface area contributed by atoms with E-state index < -0.39 is 0 Å². The highest BCUT2D eigenvalue weighted by Gasteiger charge is 2.24. The van der Waals surface area contributed by atoms with Crippen LogP contribution in [0.25, 0.3) is 10.9 Å². The van der Waals surface area contributed by atoms with Crippen LogP contribution < -0.4 is 10.3 Å². The molecule has 4 rings (SSSR count). The predicted octanol–water partition coefficient (Wildman–Crippen LogP) is 4.74. The van der Waals surface area contributed by atoms with Crippen molar-refractivity contribution in [1.29, 1.82) is 0 Å². The van der Waals surface area contributed by atoms with Crippen LogP contribution in [-0.2, 0) is 13.0 Å². The number of nitrogens with zero attached hydrogens (tertiary/aromatic N) is 2. The van der Waals surface area contributed by atoms with E-state index in [0.29, 0.717) is 33.7 Å². The summed E-state index contributed by atoms with van der Waals surface area (Å²) in [4.78, 5) is 30.8. The fourth-order valence-corrected chi connectivity index (χ4v) is 4.72. The van der Waals surface area contributed by atoms with Crippen LogP contribution in [0.1, 0.15) is 35.2 Å². The summed E-state index contributed by atoms with van der Waals surface area (Å²) in [7, 11) is 1.68. The number of benzene rings is 2. The van der Waals surface area contributed by atoms with E-state index in [9.17, 15) is 9.59 Å². The van der Waals surface area contributed by atoms with Gasteiger partial charge >= 0.3 is 0 Å². The highest BCUT2D eigenvalue weighted by atomic mass is 32.1. The zero-order chi connectivity index (χ0) is 23.4. The minimum atomic E-state index is -0.176. The number of piperidine rings is 1. The maximum Gasteiger partial charge on any atom is 0.262 e. The van der Waals surface area contributed by atoms with Crippen LogP contribution in [0.2, 0.25) is 0 Å². The molecule has 7 heteroatoms. The minimum Gasteiger partial charge on any atom is -0.497 e. The van der Waals surface area contributed by atoms with Crippen molar-refractivity contribution in [3.63, 3.8) is 0 Å². The summed E-state index contributed by atoms with van der Waals surface area (Å²) in [6.45, 7) is 5.52. The van der Waals surface area contributed by atoms with Crippen molar-refractivity contribution >= 4 is 29.0 Å². The molecule has 172 valence electrons. The summed E-state index contributed by atoms with van der Waals surface area (Å²) in [5.74, 6) is 1.50. The summed E-state index contributed by atoms with van der Waals surface area (Å²) < 4.78 is 7.01. The molecule has 0 aliphatic carbocycles. The molecule has 0 atom stereocenters. The number of ether oxygens (including phenoxy) is 1. The van der Waals surface area contributed by atoms with Gasteiger partial charge in [-0.3, -0.25) is 14.2 Å². The van der Waals surface area contributed by atoms with Gasteiger partial charge in [-0.15, -0.1) is 6.58 Å². The molecule has 33 heavy (non-hydrogen) atoms. The van der Waals surface area contributed by atoms with E-state index in [0.717, 1.165) is 44.5 Å². The summed E-state index contributed by atoms with van der Waals surface area (Å²) in [6, 6.07) is 13.4. The number of aromatic nitrogens is 2. The van der Waals surface area contributed by atoms with Crippen molar-refractivity contribution in [3.05, 3.63) is 81.4 Å². The lowest BCUT2D eigenvalue weighted by Gasteiger charge is -2.32. The standard InChI is InChI=1S/C26H29N3O3S/c1-3-14-29-25(31)22-11-8-20(17-23(22)27-26(29)33)24(30)28-15-12-19(13-16-28)5-4-18-6-9-21(32-2)10-7-18/h3,6-11,17,19H,1,4-5,12-16H2,2H3,(H,27,33). The van der Waals surface area contributed by atoms with Gasteiger partial charge in [0.1, 0.15) is 5.75 Å². The third kappa shape index (κ3) is 5.09. The van der Waals surface area contributed by atoms with Gasteiger partial charge in [0.2, 0.25) is 0 Å². The number of fused-ring (bicyclic) bond motifs is 1. The van der Waals surface area contributed by atoms with Crippen molar-refractivity contribution in [3.8, 4) is 5.75 Å². The number of aromatic amines is 1. The van der Waals surface area contributed by atoms with Crippen LogP contribution in [0.5, 0.6) is 5.75 Å². The first-order valence-electron chi connectivity index (χ1n) is 11.3. The Labute approximate surface area is 198 Å². The average molecular weight is 464 g/mol. The van der Waals surface area contributed by atoms with Gasteiger partial charge in [-0.05, 0) is 79.7 Å². The SMILES string of the molecule is C=CCn1c(=S)[nH]c2cc(C(=O)N3CCC(CCc4ccc(OC)cc4)CC3)ccc2c1=O. The first kappa shape index (κ1) is 23.0. The quantitative estimate of drug-likeness (QED) is 0.406. The number of allylic oxidation sites excluding steroid dienone is 1. The van der Waals surface area contributed by atoms with E-state index in [1.165, 1.54) is 10.1 Å². The van der Waals surface area contributed by atoms with Gasteiger partial charge in [0.05, 0.1) is 18.0 Å². The summed E-state index contributed by atoms with van der Waals surface area (Å²) in [5.41, 5.74) is 2.30. The smallest absolute Gasteiger partial charge is 0.262 e. The van der Waals surface area contributed by atoms with Crippen LogP contribution in [-0.4, -0.2) is 40.6 Å². The Kier molecular flexibility index (Phi) is 7.08. The number of methoxy groups -OCH3 is 1. The second-order valence-electron chi connectivity index (χ2n) is 8.52. The summed E-state index contributed by atoms with van der Waals surface area (Å²) in [5, 5.41) is 0.513. The Hall–Kier alpha value is -3.19. The van der Waals surface area contributed by atoms with E-state index in [1.54, 1.807) is 31.4 Å². The normalized spacial score (nSPS) is 14.4. The largest absolute Gasteiger partial charge is 0.497 e. The molecule has 0 radical (unpaired) electrons. The zero-order valence-corrected chi connectivity index (χ0v) is 19.7. The van der Waals surface area contributed by atoms with Crippen LogP contribution in [0.15, 0.2) is 59.9 Å². The molecule has 2 aromatic carbocycles. The number of aryl methyl sites for hydroxylation is 1. The Balaban J connectivity index is 1.38. The molecule has 1 aliphatic heterocycles. The highest BCUT2D eigenvalue weighted by Crippen LogP contribution is 2.24. The molecule has 1 aromatic heterocycles. The molecule has 0 unspecified atom stereocenters. The number of likely N-dealkylation sites (tertiary alicyclic amines) is 1. The number of amides is 1. The lowest BCUT2D eigenvalue weighted by Crippen LogP contribution is -2.38. The third-order valence-electron chi connectivity index (χ3n) is 6.44. The molecule has 2 heterocycles. The molecular weight excluding hydrogens is 434 g/mol. The van der Waals surface area contributed by atoms with Crippen molar-refractivity contribution in [2.75, 3.05) is 20.2 Å². The Morgan fingerprint density at radius 1 is 1.21 bits per heavy atom. The molecule has 1 N–H and O–H groups in total. The van der Waals surface area contributed by atoms with Crippen molar-refractivity contribution in [2.45, 2.75) is 32.2 Å². The van der Waals surface area contributed by atoms with Gasteiger partial charge in [0.25, 0.3) is 11.5 Å². The molecule has 6 nitrogen and oxygen atoms in total. The number of nitrogens with one attached hydrogen (secondary N) is 1. The Morgan fingerprint density at radius 2 is 1.94 bits per heavy atom. The first-order valence-corrected chi connectivity index (χ1v) is 11.7. The highest BCUT2D eigenvalue weighted by molar-refractivity contribution is 7.71. The van der Waals surface area contributed by atoms with Gasteiger partial charge in [-0.25, -0.2) is 0 Å². The van der Waals surface area contributed by atoms with Gasteiger partial charge in [-0.1, -0.05) is 18.2 Å². The van der Waals surface area contributed by atoms with Crippen LogP contribution in [0, 0.1) is 10.7 Å². The molecule has 1 amide bonds. The second kappa shape index (κ2) is 10.2. The van der Waals surface area contributed by atoms with E-state index in [-0.39, 0.29) is 11.5 Å². The Morgan fingerprint density at radius 3 is 2.61 bits per heavy atom. The fourth-order valence-electron chi connectivity index (χ4n) is 4.45. The second-order valence-corrected chi connectivity index (χ2v) is 8.90. The maximum atomic E-state index is 13.1. The molecule has 0 bridgehead atoms. The zero-order valence-electron chi connectivity index (χ0n) is 18.9. The monoisotopic (exact) mass is 463 g/mol. The predicted molar refractivity (Wildman–Crippen MR) is 134 cm³/mol. The Bertz CT molecular complexity index is 1270. The number of carbonyl (C=O) groups is 1. The third-order valence-corrected chi connectivity index (χ3v) is 6.77. The first-order chi connectivity index (χ1) is 16.0. The molecule has 1 saturated heterocycles. The van der Waals surface area contributed by atoms with Crippen molar-refractivity contribution in [2.24, 2.45) is 5.92 Å². The van der Waals surface area contributed by atoms with E-state index in [1.807, 2.05) is 17.0 Å². The van der Waals surface area contributed by atoms with E-state index in [4.69, 9.17) is 17.0 Å².